The number of methoxy groups -OCH3 is 1. The van der Waals surface area contributed by atoms with E-state index in [2.05, 4.69) is 28.5 Å². The van der Waals surface area contributed by atoms with Crippen LogP contribution in [0.4, 0.5) is 5.13 Å². The average Bonchev–Trinajstić information content (AvgIpc) is 3.32. The molecule has 2 heterocycles. The largest absolute Gasteiger partial charge is 0.493 e. The van der Waals surface area contributed by atoms with Crippen LogP contribution in [0, 0.1) is 0 Å². The molecule has 0 amide bonds. The Morgan fingerprint density at radius 2 is 2.16 bits per heavy atom. The quantitative estimate of drug-likeness (QED) is 0.440. The van der Waals surface area contributed by atoms with Gasteiger partial charge in [-0.2, -0.15) is 5.10 Å². The van der Waals surface area contributed by atoms with Crippen molar-refractivity contribution in [2.45, 2.75) is 13.3 Å². The van der Waals surface area contributed by atoms with E-state index >= 15 is 0 Å². The van der Waals surface area contributed by atoms with Crippen molar-refractivity contribution in [2.24, 2.45) is 5.10 Å². The van der Waals surface area contributed by atoms with Gasteiger partial charge in [-0.15, -0.1) is 22.7 Å². The van der Waals surface area contributed by atoms with Gasteiger partial charge in [0.1, 0.15) is 0 Å². The van der Waals surface area contributed by atoms with E-state index in [0.29, 0.717) is 12.4 Å². The van der Waals surface area contributed by atoms with E-state index in [-0.39, 0.29) is 0 Å². The molecule has 0 saturated carbocycles. The second-order valence-corrected chi connectivity index (χ2v) is 6.95. The Morgan fingerprint density at radius 3 is 2.92 bits per heavy atom. The van der Waals surface area contributed by atoms with Crippen molar-refractivity contribution < 1.29 is 9.47 Å². The standard InChI is InChI=1S/C18H19N3O2S2/c1-3-8-23-15-7-6-13(10-16(15)22-2)11-19-21-18-20-14(12-25-18)17-5-4-9-24-17/h4-7,9-12H,3,8H2,1-2H3,(H,20,21)/b19-11-. The van der Waals surface area contributed by atoms with Crippen LogP contribution in [0.1, 0.15) is 18.9 Å². The first-order chi connectivity index (χ1) is 12.3. The molecule has 2 aromatic heterocycles. The van der Waals surface area contributed by atoms with Crippen LogP contribution < -0.4 is 14.9 Å². The van der Waals surface area contributed by atoms with Crippen molar-refractivity contribution in [3.8, 4) is 22.1 Å². The van der Waals surface area contributed by atoms with Gasteiger partial charge >= 0.3 is 0 Å². The summed E-state index contributed by atoms with van der Waals surface area (Å²) in [6.07, 6.45) is 2.69. The Morgan fingerprint density at radius 1 is 1.24 bits per heavy atom. The number of thiophene rings is 1. The number of ether oxygens (including phenoxy) is 2. The molecule has 3 aromatic rings. The maximum Gasteiger partial charge on any atom is 0.203 e. The van der Waals surface area contributed by atoms with Gasteiger partial charge in [-0.05, 0) is 41.6 Å². The number of nitrogens with one attached hydrogen (secondary N) is 1. The third kappa shape index (κ3) is 4.58. The molecule has 0 saturated heterocycles. The summed E-state index contributed by atoms with van der Waals surface area (Å²) in [4.78, 5) is 5.68. The number of hydrogen-bond acceptors (Lipinski definition) is 7. The Balaban J connectivity index is 1.64. The number of thiazole rings is 1. The first-order valence-corrected chi connectivity index (χ1v) is 9.65. The van der Waals surface area contributed by atoms with E-state index in [1.807, 2.05) is 35.0 Å². The second kappa shape index (κ2) is 8.64. The predicted molar refractivity (Wildman–Crippen MR) is 105 cm³/mol. The van der Waals surface area contributed by atoms with E-state index in [4.69, 9.17) is 9.47 Å². The summed E-state index contributed by atoms with van der Waals surface area (Å²) in [5, 5.41) is 9.08. The van der Waals surface area contributed by atoms with E-state index < -0.39 is 0 Å². The van der Waals surface area contributed by atoms with Gasteiger partial charge < -0.3 is 9.47 Å². The van der Waals surface area contributed by atoms with Gasteiger partial charge in [0.2, 0.25) is 5.13 Å². The number of aromatic nitrogens is 1. The predicted octanol–water partition coefficient (Wildman–Crippen LogP) is 5.12. The van der Waals surface area contributed by atoms with Crippen molar-refractivity contribution in [1.82, 2.24) is 4.98 Å². The van der Waals surface area contributed by atoms with Gasteiger partial charge in [0.05, 0.1) is 30.5 Å². The lowest BCUT2D eigenvalue weighted by atomic mass is 10.2. The summed E-state index contributed by atoms with van der Waals surface area (Å²) in [5.41, 5.74) is 4.86. The number of nitrogens with zero attached hydrogens (tertiary/aromatic N) is 2. The molecule has 130 valence electrons. The summed E-state index contributed by atoms with van der Waals surface area (Å²) in [5.74, 6) is 1.45. The van der Waals surface area contributed by atoms with Gasteiger partial charge in [0, 0.05) is 5.38 Å². The second-order valence-electron chi connectivity index (χ2n) is 5.14. The Bertz CT molecular complexity index is 829. The van der Waals surface area contributed by atoms with Crippen LogP contribution >= 0.6 is 22.7 Å². The van der Waals surface area contributed by atoms with Gasteiger partial charge in [-0.25, -0.2) is 4.98 Å². The lowest BCUT2D eigenvalue weighted by molar-refractivity contribution is 0.294. The molecule has 0 spiro atoms. The van der Waals surface area contributed by atoms with Crippen LogP contribution in [0.5, 0.6) is 11.5 Å². The highest BCUT2D eigenvalue weighted by Gasteiger charge is 2.06. The maximum atomic E-state index is 5.65. The fraction of sp³-hybridized carbons (Fsp3) is 0.222. The first kappa shape index (κ1) is 17.4. The topological polar surface area (TPSA) is 55.7 Å². The summed E-state index contributed by atoms with van der Waals surface area (Å²) >= 11 is 3.20. The minimum absolute atomic E-state index is 0.669. The van der Waals surface area contributed by atoms with Crippen molar-refractivity contribution in [3.63, 3.8) is 0 Å². The molecule has 0 atom stereocenters. The summed E-state index contributed by atoms with van der Waals surface area (Å²) in [7, 11) is 1.63. The molecule has 0 bridgehead atoms. The van der Waals surface area contributed by atoms with Crippen LogP contribution in [0.2, 0.25) is 0 Å². The van der Waals surface area contributed by atoms with E-state index in [1.165, 1.54) is 11.3 Å². The average molecular weight is 374 g/mol. The van der Waals surface area contributed by atoms with Crippen molar-refractivity contribution in [2.75, 3.05) is 19.1 Å². The van der Waals surface area contributed by atoms with Gasteiger partial charge in [-0.3, -0.25) is 5.43 Å². The minimum atomic E-state index is 0.669. The van der Waals surface area contributed by atoms with Crippen LogP contribution in [0.25, 0.3) is 10.6 Å². The Kier molecular flexibility index (Phi) is 6.03. The van der Waals surface area contributed by atoms with E-state index in [0.717, 1.165) is 33.4 Å². The molecule has 1 aromatic carbocycles. The molecule has 0 aliphatic heterocycles. The summed E-state index contributed by atoms with van der Waals surface area (Å²) in [6, 6.07) is 9.81. The monoisotopic (exact) mass is 373 g/mol. The molecule has 0 unspecified atom stereocenters. The smallest absolute Gasteiger partial charge is 0.203 e. The highest BCUT2D eigenvalue weighted by molar-refractivity contribution is 7.15. The minimum Gasteiger partial charge on any atom is -0.493 e. The molecular formula is C18H19N3O2S2. The zero-order valence-corrected chi connectivity index (χ0v) is 15.7. The van der Waals surface area contributed by atoms with Crippen LogP contribution in [0.15, 0.2) is 46.2 Å². The van der Waals surface area contributed by atoms with E-state index in [1.54, 1.807) is 24.7 Å². The molecule has 3 rings (SSSR count). The Hall–Kier alpha value is -2.38. The number of rotatable bonds is 8. The van der Waals surface area contributed by atoms with Crippen molar-refractivity contribution >= 4 is 34.0 Å². The molecule has 0 aliphatic rings. The normalized spacial score (nSPS) is 11.0. The zero-order valence-electron chi connectivity index (χ0n) is 14.1. The maximum absolute atomic E-state index is 5.65. The highest BCUT2D eigenvalue weighted by atomic mass is 32.1. The lowest BCUT2D eigenvalue weighted by Gasteiger charge is -2.10. The van der Waals surface area contributed by atoms with Crippen LogP contribution in [-0.2, 0) is 0 Å². The molecule has 0 fully saturated rings. The van der Waals surface area contributed by atoms with Gasteiger partial charge in [0.25, 0.3) is 0 Å². The Labute approximate surface area is 155 Å². The fourth-order valence-corrected chi connectivity index (χ4v) is 3.54. The lowest BCUT2D eigenvalue weighted by Crippen LogP contribution is -1.98. The highest BCUT2D eigenvalue weighted by Crippen LogP contribution is 2.29. The molecule has 1 N–H and O–H groups in total. The number of benzene rings is 1. The zero-order chi connectivity index (χ0) is 17.5. The third-order valence-electron chi connectivity index (χ3n) is 3.30. The molecular weight excluding hydrogens is 354 g/mol. The first-order valence-electron chi connectivity index (χ1n) is 7.89. The van der Waals surface area contributed by atoms with Crippen molar-refractivity contribution in [3.05, 3.63) is 46.7 Å². The number of anilines is 1. The number of hydrazone groups is 1. The SMILES string of the molecule is CCCOc1ccc(/C=N\Nc2nc(-c3cccs3)cs2)cc1OC. The van der Waals surface area contributed by atoms with Gasteiger partial charge in [0.15, 0.2) is 11.5 Å². The summed E-state index contributed by atoms with van der Waals surface area (Å²) < 4.78 is 11.0. The molecule has 0 aliphatic carbocycles. The molecule has 5 nitrogen and oxygen atoms in total. The molecule has 25 heavy (non-hydrogen) atoms. The summed E-state index contributed by atoms with van der Waals surface area (Å²) in [6.45, 7) is 2.74. The molecule has 7 heteroatoms. The van der Waals surface area contributed by atoms with Crippen LogP contribution in [0.3, 0.4) is 0 Å². The fourth-order valence-electron chi connectivity index (χ4n) is 2.12. The van der Waals surface area contributed by atoms with Crippen LogP contribution in [-0.4, -0.2) is 24.9 Å². The number of hydrogen-bond donors (Lipinski definition) is 1. The third-order valence-corrected chi connectivity index (χ3v) is 4.94. The van der Waals surface area contributed by atoms with E-state index in [9.17, 15) is 0 Å². The van der Waals surface area contributed by atoms with Crippen molar-refractivity contribution in [1.29, 1.82) is 0 Å². The molecule has 0 radical (unpaired) electrons. The van der Waals surface area contributed by atoms with Gasteiger partial charge in [-0.1, -0.05) is 13.0 Å².